The van der Waals surface area contributed by atoms with Crippen LogP contribution in [0.15, 0.2) is 164 Å². The van der Waals surface area contributed by atoms with E-state index in [4.69, 9.17) is 0 Å². The second-order valence-corrected chi connectivity index (χ2v) is 30.8. The molecule has 0 atom stereocenters. The average Bonchev–Trinajstić information content (AvgIpc) is 2.51. The summed E-state index contributed by atoms with van der Waals surface area (Å²) in [5.41, 5.74) is 27.5. The molecule has 2 nitrogen and oxygen atoms in total. The Kier molecular flexibility index (Phi) is 12.5. The van der Waals surface area contributed by atoms with Gasteiger partial charge in [0.25, 0.3) is 6.71 Å². The molecular formula is C78H89BN2. The summed E-state index contributed by atoms with van der Waals surface area (Å²) in [6, 6.07) is 65.0. The highest BCUT2D eigenvalue weighted by atomic mass is 15.2. The maximum Gasteiger partial charge on any atom is 0.252 e. The Hall–Kier alpha value is -6.58. The summed E-state index contributed by atoms with van der Waals surface area (Å²) in [5.74, 6) is 0. The topological polar surface area (TPSA) is 6.48 Å². The first kappa shape index (κ1) is 55.0. The van der Waals surface area contributed by atoms with Crippen molar-refractivity contribution < 1.29 is 0 Å². The van der Waals surface area contributed by atoms with Gasteiger partial charge in [-0.25, -0.2) is 0 Å². The van der Waals surface area contributed by atoms with Crippen molar-refractivity contribution in [3.8, 4) is 11.1 Å². The number of fused-ring (bicyclic) bond motifs is 6. The summed E-state index contributed by atoms with van der Waals surface area (Å²) in [6.45, 7) is 43.7. The van der Waals surface area contributed by atoms with Gasteiger partial charge in [0.2, 0.25) is 0 Å². The molecule has 8 aromatic rings. The van der Waals surface area contributed by atoms with E-state index in [0.29, 0.717) is 0 Å². The van der Waals surface area contributed by atoms with Crippen molar-refractivity contribution in [1.82, 2.24) is 0 Å². The minimum atomic E-state index is -0.279. The molecule has 414 valence electrons. The minimum absolute atomic E-state index is 0.0181. The Labute approximate surface area is 488 Å². The molecule has 81 heavy (non-hydrogen) atoms. The molecule has 12 rings (SSSR count). The largest absolute Gasteiger partial charge is 0.311 e. The molecule has 2 heterocycles. The summed E-state index contributed by atoms with van der Waals surface area (Å²) < 4.78 is 0. The zero-order valence-electron chi connectivity index (χ0n) is 52.4. The van der Waals surface area contributed by atoms with Crippen molar-refractivity contribution in [2.24, 2.45) is 0 Å². The molecule has 2 aliphatic carbocycles. The number of rotatable bonds is 7. The van der Waals surface area contributed by atoms with Crippen LogP contribution in [0.3, 0.4) is 0 Å². The van der Waals surface area contributed by atoms with Gasteiger partial charge >= 0.3 is 0 Å². The zero-order chi connectivity index (χ0) is 57.8. The van der Waals surface area contributed by atoms with Crippen molar-refractivity contribution in [3.63, 3.8) is 0 Å². The lowest BCUT2D eigenvalue weighted by Crippen LogP contribution is -2.62. The maximum absolute atomic E-state index is 2.74. The first-order valence-electron chi connectivity index (χ1n) is 30.5. The Balaban J connectivity index is 1.23. The van der Waals surface area contributed by atoms with E-state index in [1.54, 1.807) is 0 Å². The van der Waals surface area contributed by atoms with E-state index < -0.39 is 0 Å². The van der Waals surface area contributed by atoms with E-state index in [1.807, 2.05) is 0 Å². The van der Waals surface area contributed by atoms with Crippen molar-refractivity contribution >= 4 is 57.2 Å². The van der Waals surface area contributed by atoms with E-state index in [2.05, 4.69) is 298 Å². The maximum atomic E-state index is 2.74. The van der Waals surface area contributed by atoms with Gasteiger partial charge in [-0.2, -0.15) is 0 Å². The van der Waals surface area contributed by atoms with Gasteiger partial charge in [-0.05, 0) is 184 Å². The smallest absolute Gasteiger partial charge is 0.252 e. The fourth-order valence-corrected chi connectivity index (χ4v) is 14.7. The predicted molar refractivity (Wildman–Crippen MR) is 351 cm³/mol. The van der Waals surface area contributed by atoms with Gasteiger partial charge in [-0.1, -0.05) is 240 Å². The molecule has 0 aromatic heterocycles. The van der Waals surface area contributed by atoms with Crippen molar-refractivity contribution in [3.05, 3.63) is 219 Å². The van der Waals surface area contributed by atoms with Gasteiger partial charge in [0.15, 0.2) is 0 Å². The third-order valence-corrected chi connectivity index (χ3v) is 20.7. The minimum Gasteiger partial charge on any atom is -0.311 e. The van der Waals surface area contributed by atoms with Crippen LogP contribution in [0.25, 0.3) is 11.1 Å². The van der Waals surface area contributed by atoms with Crippen LogP contribution in [0.5, 0.6) is 0 Å². The van der Waals surface area contributed by atoms with Crippen molar-refractivity contribution in [2.75, 3.05) is 9.80 Å². The molecule has 0 radical (unpaired) electrons. The van der Waals surface area contributed by atoms with E-state index in [9.17, 15) is 0 Å². The Bertz CT molecular complexity index is 3790. The van der Waals surface area contributed by atoms with E-state index in [-0.39, 0.29) is 50.0 Å². The lowest BCUT2D eigenvalue weighted by molar-refractivity contribution is 0.332. The van der Waals surface area contributed by atoms with Crippen LogP contribution in [-0.2, 0) is 43.3 Å². The molecule has 3 heteroatoms. The molecule has 2 aliphatic heterocycles. The molecule has 8 aromatic carbocycles. The van der Waals surface area contributed by atoms with Crippen LogP contribution in [0, 0.1) is 0 Å². The SMILES string of the molecule is CC(C)(C)c1cccc(-c2cc(C(C)(C)c3ccccc3)ccc2N2c3cc(C(C)(C)c4ccccc4)ccc3B3c4cc5c(cc4N(c4ccc6c(c4)C(C)(C)CCC6(C)C)c4cc(C(C)(C)C)cc2c43)C(C)(C)CCC5(C)C)c1. The van der Waals surface area contributed by atoms with Crippen LogP contribution in [-0.4, -0.2) is 6.71 Å². The van der Waals surface area contributed by atoms with Crippen molar-refractivity contribution in [2.45, 2.75) is 194 Å². The van der Waals surface area contributed by atoms with Gasteiger partial charge in [0.05, 0.1) is 5.69 Å². The number of benzene rings is 8. The standard InChI is InChI=1S/C78H89BN2/c1-71(2,3)53-31-25-26-50(42-53)58-43-54(77(15,16)51-27-21-19-22-28-51)33-37-65(58)81-66-44-55(78(17,18)52-29-23-20-24-30-52)32-36-63(66)79-64-48-61-62(76(13,14)41-40-75(61,11)12)49-67(64)80(68-45-56(72(4,5)6)46-69(81)70(68)79)57-34-35-59-60(47-57)74(9,10)39-38-73(59,7)8/h19-37,42-49H,38-41H2,1-18H3. The van der Waals surface area contributed by atoms with Crippen LogP contribution in [0.4, 0.5) is 34.1 Å². The van der Waals surface area contributed by atoms with Gasteiger partial charge in [-0.3, -0.25) is 0 Å². The zero-order valence-corrected chi connectivity index (χ0v) is 52.4. The molecule has 4 aliphatic rings. The lowest BCUT2D eigenvalue weighted by Gasteiger charge is -2.48. The van der Waals surface area contributed by atoms with Crippen molar-refractivity contribution in [1.29, 1.82) is 0 Å². The lowest BCUT2D eigenvalue weighted by atomic mass is 9.33. The van der Waals surface area contributed by atoms with Crippen LogP contribution < -0.4 is 26.2 Å². The number of anilines is 6. The molecule has 0 unspecified atom stereocenters. The highest BCUT2D eigenvalue weighted by molar-refractivity contribution is 7.00. The van der Waals surface area contributed by atoms with Crippen LogP contribution >= 0.6 is 0 Å². The molecule has 0 N–H and O–H groups in total. The third-order valence-electron chi connectivity index (χ3n) is 20.7. The Morgan fingerprint density at radius 2 is 0.802 bits per heavy atom. The monoisotopic (exact) mass is 1060 g/mol. The number of hydrogen-bond acceptors (Lipinski definition) is 2. The van der Waals surface area contributed by atoms with E-state index >= 15 is 0 Å². The van der Waals surface area contributed by atoms with Gasteiger partial charge in [0, 0.05) is 44.8 Å². The predicted octanol–water partition coefficient (Wildman–Crippen LogP) is 19.4. The molecule has 0 saturated carbocycles. The Morgan fingerprint density at radius 1 is 0.333 bits per heavy atom. The second-order valence-electron chi connectivity index (χ2n) is 30.8. The first-order chi connectivity index (χ1) is 37.9. The molecule has 0 fully saturated rings. The quantitative estimate of drug-likeness (QED) is 0.147. The summed E-state index contributed by atoms with van der Waals surface area (Å²) in [6.07, 6.45) is 4.67. The molecular weight excluding hydrogens is 976 g/mol. The average molecular weight is 1070 g/mol. The van der Waals surface area contributed by atoms with Gasteiger partial charge in [-0.15, -0.1) is 0 Å². The molecule has 0 saturated heterocycles. The highest BCUT2D eigenvalue weighted by Gasteiger charge is 2.48. The fourth-order valence-electron chi connectivity index (χ4n) is 14.7. The number of hydrogen-bond donors (Lipinski definition) is 0. The fraction of sp³-hybridized carbons (Fsp3) is 0.385. The third kappa shape index (κ3) is 8.96. The second kappa shape index (κ2) is 18.5. The first-order valence-corrected chi connectivity index (χ1v) is 30.5. The highest BCUT2D eigenvalue weighted by Crippen LogP contribution is 2.55. The number of nitrogens with zero attached hydrogens (tertiary/aromatic N) is 2. The molecule has 0 amide bonds. The van der Waals surface area contributed by atoms with Crippen LogP contribution in [0.1, 0.15) is 206 Å². The summed E-state index contributed by atoms with van der Waals surface area (Å²) in [7, 11) is 0. The summed E-state index contributed by atoms with van der Waals surface area (Å²) >= 11 is 0. The van der Waals surface area contributed by atoms with Gasteiger partial charge in [0.1, 0.15) is 0 Å². The normalized spacial score (nSPS) is 17.6. The Morgan fingerprint density at radius 3 is 1.37 bits per heavy atom. The molecule has 0 bridgehead atoms. The van der Waals surface area contributed by atoms with Gasteiger partial charge < -0.3 is 9.80 Å². The van der Waals surface area contributed by atoms with Crippen LogP contribution in [0.2, 0.25) is 0 Å². The van der Waals surface area contributed by atoms with E-state index in [0.717, 1.165) is 19.3 Å². The molecule has 0 spiro atoms. The summed E-state index contributed by atoms with van der Waals surface area (Å²) in [5, 5.41) is 0. The summed E-state index contributed by atoms with van der Waals surface area (Å²) in [4.78, 5) is 5.47. The van der Waals surface area contributed by atoms with E-state index in [1.165, 1.54) is 124 Å².